The summed E-state index contributed by atoms with van der Waals surface area (Å²) in [5.41, 5.74) is 2.66. The number of nitrogens with zero attached hydrogens (tertiary/aromatic N) is 2. The molecule has 2 rings (SSSR count). The van der Waals surface area contributed by atoms with Crippen molar-refractivity contribution in [1.82, 2.24) is 9.97 Å². The van der Waals surface area contributed by atoms with Gasteiger partial charge in [-0.2, -0.15) is 0 Å². The van der Waals surface area contributed by atoms with Gasteiger partial charge in [-0.25, -0.2) is 19.6 Å². The molecular weight excluding hydrogens is 412 g/mol. The third kappa shape index (κ3) is 7.86. The van der Waals surface area contributed by atoms with E-state index in [1.807, 2.05) is 6.92 Å². The maximum absolute atomic E-state index is 11.3. The van der Waals surface area contributed by atoms with Crippen LogP contribution in [0.15, 0.2) is 36.9 Å². The van der Waals surface area contributed by atoms with Crippen molar-refractivity contribution in [2.45, 2.75) is 40.0 Å². The van der Waals surface area contributed by atoms with Crippen molar-refractivity contribution in [2.24, 2.45) is 0 Å². The topological polar surface area (TPSA) is 113 Å². The number of carbonyl (C=O) groups is 4. The third-order valence-electron chi connectivity index (χ3n) is 4.20. The van der Waals surface area contributed by atoms with E-state index in [4.69, 9.17) is 0 Å². The molecule has 2 aromatic rings. The number of pyridine rings is 2. The number of ketones is 2. The average molecular weight is 440 g/mol. The summed E-state index contributed by atoms with van der Waals surface area (Å²) in [5, 5.41) is 0. The molecule has 0 spiro atoms. The number of allylic oxidation sites excluding steroid dienone is 1. The van der Waals surface area contributed by atoms with Crippen LogP contribution < -0.4 is 0 Å². The zero-order chi connectivity index (χ0) is 24.3. The molecule has 2 heterocycles. The van der Waals surface area contributed by atoms with E-state index in [1.54, 1.807) is 30.3 Å². The van der Waals surface area contributed by atoms with Gasteiger partial charge in [0.25, 0.3) is 0 Å². The fourth-order valence-corrected chi connectivity index (χ4v) is 2.67. The predicted molar refractivity (Wildman–Crippen MR) is 119 cm³/mol. The average Bonchev–Trinajstić information content (AvgIpc) is 2.78. The highest BCUT2D eigenvalue weighted by molar-refractivity contribution is 5.95. The van der Waals surface area contributed by atoms with Gasteiger partial charge in [0.05, 0.1) is 14.2 Å². The van der Waals surface area contributed by atoms with E-state index in [-0.39, 0.29) is 28.6 Å². The molecule has 8 heteroatoms. The number of aromatic nitrogens is 2. The normalized spacial score (nSPS) is 9.78. The van der Waals surface area contributed by atoms with E-state index in [0.717, 1.165) is 24.0 Å². The van der Waals surface area contributed by atoms with E-state index < -0.39 is 11.9 Å². The number of carbonyl (C=O) groups excluding carboxylic acids is 4. The Morgan fingerprint density at radius 2 is 1.22 bits per heavy atom. The Bertz CT molecular complexity index is 1010. The number of aryl methyl sites for hydroxylation is 1. The molecule has 0 aromatic carbocycles. The van der Waals surface area contributed by atoms with E-state index in [1.165, 1.54) is 28.1 Å². The highest BCUT2D eigenvalue weighted by Gasteiger charge is 2.13. The Labute approximate surface area is 187 Å². The van der Waals surface area contributed by atoms with Gasteiger partial charge in [-0.05, 0) is 48.2 Å². The molecule has 32 heavy (non-hydrogen) atoms. The van der Waals surface area contributed by atoms with E-state index in [2.05, 4.69) is 26.0 Å². The second-order valence-electron chi connectivity index (χ2n) is 6.83. The lowest BCUT2D eigenvalue weighted by Gasteiger charge is -2.05. The van der Waals surface area contributed by atoms with Gasteiger partial charge >= 0.3 is 11.9 Å². The SMILES string of the molecule is C=CCc1cc(C(C)=O)nc(C(=O)OC)c1.CCCc1cc(C(C)=O)nc(C(=O)OC)c1. The van der Waals surface area contributed by atoms with Crippen LogP contribution in [0.2, 0.25) is 0 Å². The van der Waals surface area contributed by atoms with Crippen molar-refractivity contribution in [2.75, 3.05) is 14.2 Å². The Hall–Kier alpha value is -3.68. The molecule has 0 atom stereocenters. The number of hydrogen-bond acceptors (Lipinski definition) is 8. The molecule has 0 aliphatic heterocycles. The molecule has 0 saturated carbocycles. The monoisotopic (exact) mass is 440 g/mol. The third-order valence-corrected chi connectivity index (χ3v) is 4.20. The maximum atomic E-state index is 11.3. The van der Waals surface area contributed by atoms with Gasteiger partial charge in [-0.1, -0.05) is 19.4 Å². The molecule has 2 aromatic heterocycles. The first-order valence-electron chi connectivity index (χ1n) is 9.98. The molecule has 0 fully saturated rings. The molecule has 0 radical (unpaired) electrons. The molecule has 0 amide bonds. The second-order valence-corrected chi connectivity index (χ2v) is 6.83. The minimum Gasteiger partial charge on any atom is -0.464 e. The second kappa shape index (κ2) is 12.9. The van der Waals surface area contributed by atoms with Crippen LogP contribution in [0, 0.1) is 0 Å². The summed E-state index contributed by atoms with van der Waals surface area (Å²) in [7, 11) is 2.57. The van der Waals surface area contributed by atoms with Crippen molar-refractivity contribution in [3.05, 3.63) is 70.8 Å². The molecule has 0 unspecified atom stereocenters. The zero-order valence-corrected chi connectivity index (χ0v) is 19.1. The van der Waals surface area contributed by atoms with Crippen molar-refractivity contribution < 1.29 is 28.7 Å². The molecule has 0 N–H and O–H groups in total. The van der Waals surface area contributed by atoms with Crippen LogP contribution in [0.1, 0.15) is 80.3 Å². The molecule has 0 aliphatic rings. The van der Waals surface area contributed by atoms with Crippen LogP contribution in [0.3, 0.4) is 0 Å². The fourth-order valence-electron chi connectivity index (χ4n) is 2.67. The van der Waals surface area contributed by atoms with Crippen molar-refractivity contribution >= 4 is 23.5 Å². The van der Waals surface area contributed by atoms with E-state index in [9.17, 15) is 19.2 Å². The molecule has 8 nitrogen and oxygen atoms in total. The standard InChI is InChI=1S/C12H15NO3.C12H13NO3/c2*1-4-5-9-6-10(8(2)14)13-11(7-9)12(15)16-3/h6-7H,4-5H2,1-3H3;4,6-7H,1,5H2,2-3H3. The number of Topliss-reactive ketones (excluding diaryl/α,β-unsaturated/α-hetero) is 2. The van der Waals surface area contributed by atoms with Crippen LogP contribution in [0.25, 0.3) is 0 Å². The number of rotatable bonds is 8. The minimum atomic E-state index is -0.548. The molecule has 0 aliphatic carbocycles. The first-order chi connectivity index (χ1) is 15.2. The molecule has 0 bridgehead atoms. The first-order valence-corrected chi connectivity index (χ1v) is 9.98. The lowest BCUT2D eigenvalue weighted by atomic mass is 10.1. The maximum Gasteiger partial charge on any atom is 0.356 e. The van der Waals surface area contributed by atoms with Crippen LogP contribution in [0.5, 0.6) is 0 Å². The highest BCUT2D eigenvalue weighted by atomic mass is 16.5. The van der Waals surface area contributed by atoms with Crippen LogP contribution in [-0.2, 0) is 22.3 Å². The van der Waals surface area contributed by atoms with Gasteiger partial charge in [0, 0.05) is 13.8 Å². The summed E-state index contributed by atoms with van der Waals surface area (Å²) >= 11 is 0. The van der Waals surface area contributed by atoms with Gasteiger partial charge < -0.3 is 9.47 Å². The van der Waals surface area contributed by atoms with Crippen molar-refractivity contribution in [3.63, 3.8) is 0 Å². The fraction of sp³-hybridized carbons (Fsp3) is 0.333. The lowest BCUT2D eigenvalue weighted by Crippen LogP contribution is -2.09. The van der Waals surface area contributed by atoms with Gasteiger partial charge in [0.2, 0.25) is 0 Å². The molecule has 0 saturated heterocycles. The Kier molecular flexibility index (Phi) is 10.6. The zero-order valence-electron chi connectivity index (χ0n) is 19.1. The van der Waals surface area contributed by atoms with Crippen LogP contribution in [-0.4, -0.2) is 47.7 Å². The summed E-state index contributed by atoms with van der Waals surface area (Å²) in [5.74, 6) is -1.40. The summed E-state index contributed by atoms with van der Waals surface area (Å²) in [6.07, 6.45) is 4.03. The van der Waals surface area contributed by atoms with E-state index in [0.29, 0.717) is 12.1 Å². The predicted octanol–water partition coefficient (Wildman–Crippen LogP) is 3.82. The number of hydrogen-bond donors (Lipinski definition) is 0. The van der Waals surface area contributed by atoms with Crippen molar-refractivity contribution in [3.8, 4) is 0 Å². The Morgan fingerprint density at radius 3 is 1.59 bits per heavy atom. The lowest BCUT2D eigenvalue weighted by molar-refractivity contribution is 0.0584. The van der Waals surface area contributed by atoms with E-state index >= 15 is 0 Å². The van der Waals surface area contributed by atoms with Gasteiger partial charge in [0.1, 0.15) is 22.8 Å². The van der Waals surface area contributed by atoms with Gasteiger partial charge in [-0.15, -0.1) is 6.58 Å². The Balaban J connectivity index is 0.000000320. The number of ether oxygens (including phenoxy) is 2. The minimum absolute atomic E-state index is 0.145. The molecular formula is C24H28N2O6. The van der Waals surface area contributed by atoms with Crippen molar-refractivity contribution in [1.29, 1.82) is 0 Å². The quantitative estimate of drug-likeness (QED) is 0.346. The first kappa shape index (κ1) is 26.4. The van der Waals surface area contributed by atoms with Crippen LogP contribution in [0.4, 0.5) is 0 Å². The summed E-state index contributed by atoms with van der Waals surface area (Å²) in [6, 6.07) is 6.64. The van der Waals surface area contributed by atoms with Gasteiger partial charge in [-0.3, -0.25) is 9.59 Å². The largest absolute Gasteiger partial charge is 0.464 e. The smallest absolute Gasteiger partial charge is 0.356 e. The van der Waals surface area contributed by atoms with Crippen LogP contribution >= 0.6 is 0 Å². The highest BCUT2D eigenvalue weighted by Crippen LogP contribution is 2.11. The Morgan fingerprint density at radius 1 is 0.812 bits per heavy atom. The summed E-state index contributed by atoms with van der Waals surface area (Å²) in [4.78, 5) is 53.0. The van der Waals surface area contributed by atoms with Gasteiger partial charge in [0.15, 0.2) is 11.6 Å². The summed E-state index contributed by atoms with van der Waals surface area (Å²) < 4.78 is 9.16. The number of methoxy groups -OCH3 is 2. The number of esters is 2. The summed E-state index contributed by atoms with van der Waals surface area (Å²) in [6.45, 7) is 8.47. The molecule has 170 valence electrons.